The summed E-state index contributed by atoms with van der Waals surface area (Å²) in [6.45, 7) is 21.3. The average molecular weight is 513 g/mol. The molecule has 1 aromatic rings. The molecule has 2 aliphatic rings. The zero-order chi connectivity index (χ0) is 19.4. The van der Waals surface area contributed by atoms with Gasteiger partial charge in [-0.2, -0.15) is 0 Å². The number of aryl methyl sites for hydroxylation is 2. The van der Waals surface area contributed by atoms with Gasteiger partial charge in [-0.25, -0.2) is 0 Å². The van der Waals surface area contributed by atoms with Gasteiger partial charge in [-0.05, 0) is 0 Å². The standard InChI is InChI=1S/C15H19.C10H15.Hf/c1-10(2)7-13-5-6-14-8-11(3)12(4)9-15(13)14;1-6-7(2)9(4)10(5)8(6)3;/h6,8-10,13H,7H2,1-4H3;1-5H3;. The van der Waals surface area contributed by atoms with E-state index in [1.807, 2.05) is 3.33 Å². The first-order chi connectivity index (χ1) is 12.1. The number of benzene rings is 1. The third kappa shape index (κ3) is 3.19. The summed E-state index contributed by atoms with van der Waals surface area (Å²) in [7, 11) is 0. The van der Waals surface area contributed by atoms with Crippen molar-refractivity contribution in [3.63, 3.8) is 0 Å². The Kier molecular flexibility index (Phi) is 5.43. The van der Waals surface area contributed by atoms with Crippen molar-refractivity contribution in [2.75, 3.05) is 0 Å². The number of hydrogen-bond acceptors (Lipinski definition) is 0. The van der Waals surface area contributed by atoms with Crippen LogP contribution in [-0.4, -0.2) is 0 Å². The van der Waals surface area contributed by atoms with Crippen molar-refractivity contribution in [3.05, 3.63) is 60.0 Å². The molecule has 1 unspecified atom stereocenters. The first-order valence-electron chi connectivity index (χ1n) is 10.0. The van der Waals surface area contributed by atoms with Crippen molar-refractivity contribution in [1.29, 1.82) is 0 Å². The topological polar surface area (TPSA) is 0 Å². The normalized spacial score (nSPS) is 21.6. The average Bonchev–Trinajstić information content (AvgIpc) is 2.94. The van der Waals surface area contributed by atoms with Crippen LogP contribution in [0.2, 0.25) is 3.17 Å². The van der Waals surface area contributed by atoms with Crippen LogP contribution in [0.4, 0.5) is 0 Å². The predicted molar refractivity (Wildman–Crippen MR) is 111 cm³/mol. The van der Waals surface area contributed by atoms with E-state index < -0.39 is 22.9 Å². The van der Waals surface area contributed by atoms with Crippen LogP contribution in [0.3, 0.4) is 0 Å². The van der Waals surface area contributed by atoms with E-state index in [1.165, 1.54) is 23.1 Å². The maximum atomic E-state index is 2.60. The molecule has 1 atom stereocenters. The van der Waals surface area contributed by atoms with Crippen molar-refractivity contribution in [3.8, 4) is 0 Å². The fraction of sp³-hybridized carbons (Fsp3) is 0.520. The molecule has 0 spiro atoms. The van der Waals surface area contributed by atoms with Crippen LogP contribution in [0, 0.1) is 19.8 Å². The molecule has 0 fully saturated rings. The summed E-state index contributed by atoms with van der Waals surface area (Å²) in [6.07, 6.45) is 3.90. The van der Waals surface area contributed by atoms with Gasteiger partial charge in [-0.15, -0.1) is 0 Å². The molecule has 2 aliphatic carbocycles. The van der Waals surface area contributed by atoms with Crippen molar-refractivity contribution in [2.24, 2.45) is 5.92 Å². The Morgan fingerprint density at radius 2 is 1.46 bits per heavy atom. The number of allylic oxidation sites excluding steroid dienone is 5. The molecule has 0 bridgehead atoms. The van der Waals surface area contributed by atoms with Crippen LogP contribution in [0.25, 0.3) is 6.08 Å². The van der Waals surface area contributed by atoms with Gasteiger partial charge in [0, 0.05) is 0 Å². The molecular weight excluding hydrogens is 479 g/mol. The van der Waals surface area contributed by atoms with Crippen molar-refractivity contribution >= 4 is 6.08 Å². The molecule has 0 heterocycles. The predicted octanol–water partition coefficient (Wildman–Crippen LogP) is 7.74. The fourth-order valence-electron chi connectivity index (χ4n) is 4.64. The maximum absolute atomic E-state index is 2.60. The van der Waals surface area contributed by atoms with Gasteiger partial charge in [-0.3, -0.25) is 0 Å². The molecule has 1 aromatic carbocycles. The summed E-state index contributed by atoms with van der Waals surface area (Å²) in [5.74, 6) is 1.42. The summed E-state index contributed by atoms with van der Waals surface area (Å²) in [4.78, 5) is 0. The van der Waals surface area contributed by atoms with E-state index >= 15 is 0 Å². The van der Waals surface area contributed by atoms with Crippen molar-refractivity contribution in [1.82, 2.24) is 0 Å². The zero-order valence-corrected chi connectivity index (χ0v) is 21.7. The summed E-state index contributed by atoms with van der Waals surface area (Å²) in [5.41, 5.74) is 12.4. The molecular formula is C25H34Hf. The molecule has 0 saturated heterocycles. The van der Waals surface area contributed by atoms with E-state index in [1.54, 1.807) is 27.9 Å². The molecule has 0 nitrogen and oxygen atoms in total. The first kappa shape index (κ1) is 20.1. The zero-order valence-electron chi connectivity index (χ0n) is 18.1. The molecule has 0 aliphatic heterocycles. The van der Waals surface area contributed by atoms with Crippen LogP contribution >= 0.6 is 0 Å². The third-order valence-electron chi connectivity index (χ3n) is 7.05. The van der Waals surface area contributed by atoms with Gasteiger partial charge in [0.25, 0.3) is 0 Å². The summed E-state index contributed by atoms with van der Waals surface area (Å²) in [6, 6.07) is 4.93. The molecule has 1 heteroatoms. The third-order valence-corrected chi connectivity index (χ3v) is 14.3. The number of fused-ring (bicyclic) bond motifs is 1. The van der Waals surface area contributed by atoms with E-state index in [4.69, 9.17) is 0 Å². The molecule has 0 aromatic heterocycles. The van der Waals surface area contributed by atoms with Crippen molar-refractivity contribution < 1.29 is 22.9 Å². The summed E-state index contributed by atoms with van der Waals surface area (Å²) < 4.78 is 2.21. The van der Waals surface area contributed by atoms with Gasteiger partial charge in [0.15, 0.2) is 0 Å². The van der Waals surface area contributed by atoms with Crippen LogP contribution in [-0.2, 0) is 22.9 Å². The SMILES string of the molecule is CC1=C(C)[C](C)([Hf][C]2=Cc3cc(C)c(C)cc3C2CC(C)C)C(C)=C1C. The number of hydrogen-bond donors (Lipinski definition) is 0. The Morgan fingerprint density at radius 1 is 0.923 bits per heavy atom. The van der Waals surface area contributed by atoms with Crippen molar-refractivity contribution in [2.45, 2.75) is 77.8 Å². The van der Waals surface area contributed by atoms with Gasteiger partial charge < -0.3 is 0 Å². The Bertz CT molecular complexity index is 821. The van der Waals surface area contributed by atoms with E-state index in [2.05, 4.69) is 80.5 Å². The monoisotopic (exact) mass is 514 g/mol. The second kappa shape index (κ2) is 7.04. The minimum absolute atomic E-state index is 0.376. The molecule has 0 N–H and O–H groups in total. The van der Waals surface area contributed by atoms with E-state index in [9.17, 15) is 0 Å². The quantitative estimate of drug-likeness (QED) is 0.362. The summed E-state index contributed by atoms with van der Waals surface area (Å²) >= 11 is -1.06. The first-order valence-corrected chi connectivity index (χ1v) is 13.6. The minimum atomic E-state index is -1.06. The molecule has 3 rings (SSSR count). The van der Waals surface area contributed by atoms with Gasteiger partial charge >= 0.3 is 173 Å². The Balaban J connectivity index is 2.03. The van der Waals surface area contributed by atoms with Gasteiger partial charge in [0.2, 0.25) is 0 Å². The Labute approximate surface area is 172 Å². The van der Waals surface area contributed by atoms with Gasteiger partial charge in [-0.1, -0.05) is 0 Å². The van der Waals surface area contributed by atoms with Crippen LogP contribution in [0.5, 0.6) is 0 Å². The van der Waals surface area contributed by atoms with E-state index in [-0.39, 0.29) is 0 Å². The summed E-state index contributed by atoms with van der Waals surface area (Å²) in [5, 5.41) is 0. The Hall–Kier alpha value is -0.690. The number of rotatable bonds is 4. The fourth-order valence-corrected chi connectivity index (χ4v) is 11.8. The van der Waals surface area contributed by atoms with E-state index in [0.29, 0.717) is 9.09 Å². The molecule has 26 heavy (non-hydrogen) atoms. The molecule has 0 radical (unpaired) electrons. The van der Waals surface area contributed by atoms with Crippen LogP contribution in [0.15, 0.2) is 37.8 Å². The Morgan fingerprint density at radius 3 is 2.00 bits per heavy atom. The van der Waals surface area contributed by atoms with Crippen LogP contribution in [0.1, 0.15) is 83.1 Å². The van der Waals surface area contributed by atoms with Gasteiger partial charge in [0.1, 0.15) is 0 Å². The van der Waals surface area contributed by atoms with Gasteiger partial charge in [0.05, 0.1) is 0 Å². The second-order valence-electron chi connectivity index (χ2n) is 9.10. The molecule has 0 saturated carbocycles. The molecule has 138 valence electrons. The molecule has 0 amide bonds. The van der Waals surface area contributed by atoms with E-state index in [0.717, 1.165) is 5.92 Å². The van der Waals surface area contributed by atoms with Crippen LogP contribution < -0.4 is 0 Å². The second-order valence-corrected chi connectivity index (χ2v) is 15.7.